The predicted octanol–water partition coefficient (Wildman–Crippen LogP) is 3.33. The minimum atomic E-state index is -3.95. The van der Waals surface area contributed by atoms with Gasteiger partial charge < -0.3 is 10.1 Å². The van der Waals surface area contributed by atoms with Crippen molar-refractivity contribution < 1.29 is 17.9 Å². The molecule has 0 unspecified atom stereocenters. The standard InChI is InChI=1S/C18H20Cl2N2O4S/c1-3-26-16-9-8-15(20)10-17(16)27(24,25)22(2)12-18(23)21-11-13-4-6-14(19)7-5-13/h4-10H,3,11-12H2,1-2H3,(H,21,23). The second kappa shape index (κ2) is 9.41. The zero-order valence-electron chi connectivity index (χ0n) is 14.9. The molecule has 2 aromatic rings. The van der Waals surface area contributed by atoms with Gasteiger partial charge in [0.1, 0.15) is 10.6 Å². The van der Waals surface area contributed by atoms with Crippen LogP contribution < -0.4 is 10.1 Å². The number of halogens is 2. The molecule has 0 atom stereocenters. The van der Waals surface area contributed by atoms with Crippen molar-refractivity contribution in [1.82, 2.24) is 9.62 Å². The van der Waals surface area contributed by atoms with Crippen molar-refractivity contribution in [1.29, 1.82) is 0 Å². The van der Waals surface area contributed by atoms with Gasteiger partial charge in [-0.15, -0.1) is 0 Å². The summed E-state index contributed by atoms with van der Waals surface area (Å²) in [5, 5.41) is 3.54. The van der Waals surface area contributed by atoms with Crippen LogP contribution in [0.3, 0.4) is 0 Å². The van der Waals surface area contributed by atoms with Gasteiger partial charge in [-0.2, -0.15) is 4.31 Å². The van der Waals surface area contributed by atoms with Crippen LogP contribution in [0.4, 0.5) is 0 Å². The second-order valence-corrected chi connectivity index (χ2v) is 8.57. The van der Waals surface area contributed by atoms with Gasteiger partial charge in [-0.25, -0.2) is 8.42 Å². The molecule has 0 aliphatic heterocycles. The maximum absolute atomic E-state index is 12.8. The van der Waals surface area contributed by atoms with Crippen LogP contribution in [-0.4, -0.2) is 38.8 Å². The lowest BCUT2D eigenvalue weighted by Crippen LogP contribution is -2.38. The summed E-state index contributed by atoms with van der Waals surface area (Å²) >= 11 is 11.8. The molecule has 2 rings (SSSR count). The van der Waals surface area contributed by atoms with Crippen molar-refractivity contribution in [3.63, 3.8) is 0 Å². The van der Waals surface area contributed by atoms with E-state index in [9.17, 15) is 13.2 Å². The molecule has 0 bridgehead atoms. The Balaban J connectivity index is 2.07. The number of ether oxygens (including phenoxy) is 1. The Morgan fingerprint density at radius 2 is 1.74 bits per heavy atom. The summed E-state index contributed by atoms with van der Waals surface area (Å²) in [6.07, 6.45) is 0. The third-order valence-corrected chi connectivity index (χ3v) is 5.97. The Kier molecular flexibility index (Phi) is 7.49. The van der Waals surface area contributed by atoms with Crippen LogP contribution in [0.1, 0.15) is 12.5 Å². The molecule has 1 N–H and O–H groups in total. The average Bonchev–Trinajstić information content (AvgIpc) is 2.62. The van der Waals surface area contributed by atoms with Crippen molar-refractivity contribution >= 4 is 39.1 Å². The van der Waals surface area contributed by atoms with Gasteiger partial charge in [0.05, 0.1) is 13.2 Å². The number of nitrogens with one attached hydrogen (secondary N) is 1. The zero-order valence-corrected chi connectivity index (χ0v) is 17.2. The molecular formula is C18H20Cl2N2O4S. The van der Waals surface area contributed by atoms with E-state index in [0.717, 1.165) is 9.87 Å². The van der Waals surface area contributed by atoms with Crippen molar-refractivity contribution in [3.8, 4) is 5.75 Å². The van der Waals surface area contributed by atoms with E-state index in [4.69, 9.17) is 27.9 Å². The summed E-state index contributed by atoms with van der Waals surface area (Å²) in [5.74, 6) is -0.244. The maximum atomic E-state index is 12.8. The van der Waals surface area contributed by atoms with Crippen molar-refractivity contribution in [2.45, 2.75) is 18.4 Å². The average molecular weight is 431 g/mol. The van der Waals surface area contributed by atoms with E-state index in [1.54, 1.807) is 37.3 Å². The number of sulfonamides is 1. The van der Waals surface area contributed by atoms with Crippen LogP contribution in [-0.2, 0) is 21.4 Å². The van der Waals surface area contributed by atoms with E-state index < -0.39 is 15.9 Å². The van der Waals surface area contributed by atoms with E-state index in [0.29, 0.717) is 11.6 Å². The summed E-state index contributed by atoms with van der Waals surface area (Å²) in [4.78, 5) is 12.1. The molecule has 0 saturated heterocycles. The molecule has 0 heterocycles. The number of hydrogen-bond acceptors (Lipinski definition) is 4. The molecule has 146 valence electrons. The fraction of sp³-hybridized carbons (Fsp3) is 0.278. The zero-order chi connectivity index (χ0) is 20.0. The first-order valence-corrected chi connectivity index (χ1v) is 10.3. The van der Waals surface area contributed by atoms with Gasteiger partial charge in [0.15, 0.2) is 0 Å². The number of rotatable bonds is 8. The van der Waals surface area contributed by atoms with Crippen molar-refractivity contribution in [2.75, 3.05) is 20.2 Å². The quantitative estimate of drug-likeness (QED) is 0.696. The van der Waals surface area contributed by atoms with Crippen LogP contribution in [0, 0.1) is 0 Å². The molecule has 0 saturated carbocycles. The van der Waals surface area contributed by atoms with E-state index in [1.165, 1.54) is 19.2 Å². The highest BCUT2D eigenvalue weighted by Crippen LogP contribution is 2.29. The maximum Gasteiger partial charge on any atom is 0.247 e. The van der Waals surface area contributed by atoms with Crippen LogP contribution >= 0.6 is 23.2 Å². The lowest BCUT2D eigenvalue weighted by Gasteiger charge is -2.19. The molecule has 2 aromatic carbocycles. The van der Waals surface area contributed by atoms with Crippen LogP contribution in [0.5, 0.6) is 5.75 Å². The summed E-state index contributed by atoms with van der Waals surface area (Å²) in [6.45, 7) is 1.98. The van der Waals surface area contributed by atoms with Gasteiger partial charge in [0.2, 0.25) is 15.9 Å². The first kappa shape index (κ1) is 21.5. The second-order valence-electron chi connectivity index (χ2n) is 5.69. The van der Waals surface area contributed by atoms with E-state index in [-0.39, 0.29) is 28.8 Å². The highest BCUT2D eigenvalue weighted by Gasteiger charge is 2.27. The number of amides is 1. The number of carbonyl (C=O) groups excluding carboxylic acids is 1. The molecule has 0 fully saturated rings. The Morgan fingerprint density at radius 1 is 1.11 bits per heavy atom. The SMILES string of the molecule is CCOc1ccc(Cl)cc1S(=O)(=O)N(C)CC(=O)NCc1ccc(Cl)cc1. The summed E-state index contributed by atoms with van der Waals surface area (Å²) < 4.78 is 32.0. The normalized spacial score (nSPS) is 11.4. The summed E-state index contributed by atoms with van der Waals surface area (Å²) in [5.41, 5.74) is 0.853. The molecular weight excluding hydrogens is 411 g/mol. The monoisotopic (exact) mass is 430 g/mol. The number of carbonyl (C=O) groups is 1. The number of hydrogen-bond donors (Lipinski definition) is 1. The smallest absolute Gasteiger partial charge is 0.247 e. The largest absolute Gasteiger partial charge is 0.492 e. The molecule has 27 heavy (non-hydrogen) atoms. The molecule has 0 aromatic heterocycles. The van der Waals surface area contributed by atoms with Crippen LogP contribution in [0.25, 0.3) is 0 Å². The minimum absolute atomic E-state index is 0.0788. The Morgan fingerprint density at radius 3 is 2.37 bits per heavy atom. The molecule has 1 amide bonds. The fourth-order valence-corrected chi connectivity index (χ4v) is 3.92. The van der Waals surface area contributed by atoms with Gasteiger partial charge in [0.25, 0.3) is 0 Å². The first-order chi connectivity index (χ1) is 12.7. The third-order valence-electron chi connectivity index (χ3n) is 3.66. The molecule has 6 nitrogen and oxygen atoms in total. The van der Waals surface area contributed by atoms with Gasteiger partial charge >= 0.3 is 0 Å². The number of nitrogens with zero attached hydrogens (tertiary/aromatic N) is 1. The van der Waals surface area contributed by atoms with Crippen LogP contribution in [0.2, 0.25) is 10.0 Å². The third kappa shape index (κ3) is 5.84. The van der Waals surface area contributed by atoms with Crippen molar-refractivity contribution in [2.24, 2.45) is 0 Å². The molecule has 0 aliphatic rings. The summed E-state index contributed by atoms with van der Waals surface area (Å²) in [6, 6.07) is 11.3. The summed E-state index contributed by atoms with van der Waals surface area (Å²) in [7, 11) is -2.63. The Bertz CT molecular complexity index is 902. The lowest BCUT2D eigenvalue weighted by atomic mass is 10.2. The predicted molar refractivity (Wildman–Crippen MR) is 106 cm³/mol. The highest BCUT2D eigenvalue weighted by molar-refractivity contribution is 7.89. The fourth-order valence-electron chi connectivity index (χ4n) is 2.27. The minimum Gasteiger partial charge on any atom is -0.492 e. The highest BCUT2D eigenvalue weighted by atomic mass is 35.5. The molecule has 0 spiro atoms. The number of likely N-dealkylation sites (N-methyl/N-ethyl adjacent to an activating group) is 1. The lowest BCUT2D eigenvalue weighted by molar-refractivity contribution is -0.121. The van der Waals surface area contributed by atoms with E-state index in [2.05, 4.69) is 5.32 Å². The Hall–Kier alpha value is -1.80. The van der Waals surface area contributed by atoms with Gasteiger partial charge in [-0.3, -0.25) is 4.79 Å². The van der Waals surface area contributed by atoms with Crippen LogP contribution in [0.15, 0.2) is 47.4 Å². The van der Waals surface area contributed by atoms with E-state index >= 15 is 0 Å². The van der Waals surface area contributed by atoms with Gasteiger partial charge in [-0.05, 0) is 42.8 Å². The molecule has 0 aliphatic carbocycles. The molecule has 0 radical (unpaired) electrons. The Labute approximate surface area is 169 Å². The van der Waals surface area contributed by atoms with Crippen molar-refractivity contribution in [3.05, 3.63) is 58.1 Å². The number of benzene rings is 2. The van der Waals surface area contributed by atoms with Gasteiger partial charge in [-0.1, -0.05) is 35.3 Å². The topological polar surface area (TPSA) is 75.7 Å². The first-order valence-electron chi connectivity index (χ1n) is 8.14. The van der Waals surface area contributed by atoms with Gasteiger partial charge in [0, 0.05) is 23.6 Å². The molecule has 9 heteroatoms. The van der Waals surface area contributed by atoms with E-state index in [1.807, 2.05) is 0 Å².